The molecule has 1 amide bonds. The lowest BCUT2D eigenvalue weighted by atomic mass is 10.2. The Morgan fingerprint density at radius 3 is 2.42 bits per heavy atom. The van der Waals surface area contributed by atoms with Crippen LogP contribution in [-0.2, 0) is 15.5 Å². The van der Waals surface area contributed by atoms with E-state index in [-0.39, 0.29) is 10.8 Å². The molecule has 1 heterocycles. The van der Waals surface area contributed by atoms with E-state index >= 15 is 0 Å². The number of aromatic nitrogens is 1. The number of carbonyl (C=O) groups excluding carboxylic acids is 1. The van der Waals surface area contributed by atoms with Crippen LogP contribution in [0.25, 0.3) is 10.4 Å². The highest BCUT2D eigenvalue weighted by molar-refractivity contribution is 7.72. The molecule has 0 aliphatic carbocycles. The molecule has 0 unspecified atom stereocenters. The average molecular weight is 296 g/mol. The van der Waals surface area contributed by atoms with Gasteiger partial charge in [0.05, 0.1) is 15.5 Å². The summed E-state index contributed by atoms with van der Waals surface area (Å²) in [7, 11) is -2.56. The number of thiol groups is 1. The molecule has 0 atom stereocenters. The summed E-state index contributed by atoms with van der Waals surface area (Å²) in [5.41, 5.74) is 1.68. The molecule has 19 heavy (non-hydrogen) atoms. The third-order valence-corrected chi connectivity index (χ3v) is 4.26. The van der Waals surface area contributed by atoms with Gasteiger partial charge in [-0.05, 0) is 24.6 Å². The van der Waals surface area contributed by atoms with Gasteiger partial charge in [0.15, 0.2) is 15.8 Å². The maximum absolute atomic E-state index is 11.0. The van der Waals surface area contributed by atoms with E-state index in [9.17, 15) is 13.2 Å². The van der Waals surface area contributed by atoms with Crippen LogP contribution in [0.15, 0.2) is 29.2 Å². The second-order valence-electron chi connectivity index (χ2n) is 3.92. The summed E-state index contributed by atoms with van der Waals surface area (Å²) in [4.78, 5) is 16.4. The van der Waals surface area contributed by atoms with Crippen molar-refractivity contribution in [1.82, 2.24) is 4.98 Å². The van der Waals surface area contributed by atoms with Gasteiger partial charge < -0.3 is 5.32 Å². The number of nitrogens with one attached hydrogen (secondary N) is 1. The van der Waals surface area contributed by atoms with Gasteiger partial charge in [-0.25, -0.2) is 13.4 Å². The summed E-state index contributed by atoms with van der Waals surface area (Å²) in [5, 5.41) is 3.18. The SMILES string of the molecule is CC(=O)Nc1nc(C)c(-c2ccc([SH](=O)=O)cc2)s1. The fourth-order valence-electron chi connectivity index (χ4n) is 1.60. The average Bonchev–Trinajstić information content (AvgIpc) is 2.69. The van der Waals surface area contributed by atoms with Gasteiger partial charge in [-0.1, -0.05) is 23.5 Å². The van der Waals surface area contributed by atoms with Crippen molar-refractivity contribution in [3.05, 3.63) is 30.0 Å². The van der Waals surface area contributed by atoms with Crippen LogP contribution in [-0.4, -0.2) is 19.3 Å². The number of aryl methyl sites for hydroxylation is 1. The number of carbonyl (C=O) groups is 1. The number of nitrogens with zero attached hydrogens (tertiary/aromatic N) is 1. The van der Waals surface area contributed by atoms with Crippen LogP contribution in [0.5, 0.6) is 0 Å². The number of hydrogen-bond acceptors (Lipinski definition) is 5. The van der Waals surface area contributed by atoms with Crippen molar-refractivity contribution in [3.63, 3.8) is 0 Å². The van der Waals surface area contributed by atoms with E-state index in [4.69, 9.17) is 0 Å². The van der Waals surface area contributed by atoms with Gasteiger partial charge in [0.1, 0.15) is 0 Å². The largest absolute Gasteiger partial charge is 0.302 e. The van der Waals surface area contributed by atoms with Crippen molar-refractivity contribution >= 4 is 33.1 Å². The number of thiazole rings is 1. The lowest BCUT2D eigenvalue weighted by Gasteiger charge is -1.98. The Balaban J connectivity index is 2.36. The molecule has 1 aromatic heterocycles. The summed E-state index contributed by atoms with van der Waals surface area (Å²) in [6.07, 6.45) is 0. The zero-order valence-corrected chi connectivity index (χ0v) is 12.0. The summed E-state index contributed by atoms with van der Waals surface area (Å²) >= 11 is 1.36. The van der Waals surface area contributed by atoms with Crippen molar-refractivity contribution in [3.8, 4) is 10.4 Å². The third-order valence-electron chi connectivity index (χ3n) is 2.42. The Hall–Kier alpha value is -1.73. The van der Waals surface area contributed by atoms with Crippen LogP contribution in [0, 0.1) is 6.92 Å². The molecule has 1 aromatic carbocycles. The predicted molar refractivity (Wildman–Crippen MR) is 75.2 cm³/mol. The molecule has 5 nitrogen and oxygen atoms in total. The highest BCUT2D eigenvalue weighted by Gasteiger charge is 2.10. The van der Waals surface area contributed by atoms with Crippen LogP contribution in [0.1, 0.15) is 12.6 Å². The molecule has 2 rings (SSSR count). The Bertz CT molecular complexity index is 680. The van der Waals surface area contributed by atoms with Crippen LogP contribution >= 0.6 is 11.3 Å². The standard InChI is InChI=1S/C12H12N2O3S2/c1-7-11(18-12(13-7)14-8(2)15)9-3-5-10(6-4-9)19(16)17/h3-6,19H,1-2H3,(H,13,14,15). The minimum Gasteiger partial charge on any atom is -0.302 e. The van der Waals surface area contributed by atoms with Crippen molar-refractivity contribution in [2.24, 2.45) is 0 Å². The Labute approximate surface area is 116 Å². The van der Waals surface area contributed by atoms with E-state index in [0.717, 1.165) is 16.1 Å². The number of benzene rings is 1. The van der Waals surface area contributed by atoms with Crippen molar-refractivity contribution in [2.45, 2.75) is 18.7 Å². The predicted octanol–water partition coefficient (Wildman–Crippen LogP) is 2.05. The first-order chi connectivity index (χ1) is 8.97. The van der Waals surface area contributed by atoms with Crippen molar-refractivity contribution in [2.75, 3.05) is 5.32 Å². The van der Waals surface area contributed by atoms with Crippen LogP contribution < -0.4 is 5.32 Å². The zero-order valence-electron chi connectivity index (χ0n) is 10.3. The molecule has 0 aliphatic heterocycles. The molecule has 0 fully saturated rings. The molecule has 0 bridgehead atoms. The first-order valence-electron chi connectivity index (χ1n) is 5.47. The van der Waals surface area contributed by atoms with Gasteiger partial charge in [-0.15, -0.1) is 0 Å². The maximum Gasteiger partial charge on any atom is 0.223 e. The molecule has 7 heteroatoms. The van der Waals surface area contributed by atoms with E-state index in [0.29, 0.717) is 5.13 Å². The quantitative estimate of drug-likeness (QED) is 0.850. The summed E-state index contributed by atoms with van der Waals surface area (Å²) in [5.74, 6) is -0.168. The van der Waals surface area contributed by atoms with Gasteiger partial charge in [-0.2, -0.15) is 0 Å². The second kappa shape index (κ2) is 5.50. The molecule has 0 saturated carbocycles. The normalized spacial score (nSPS) is 10.7. The lowest BCUT2D eigenvalue weighted by Crippen LogP contribution is -2.04. The molecule has 2 aromatic rings. The van der Waals surface area contributed by atoms with E-state index in [1.807, 2.05) is 6.92 Å². The molecule has 0 radical (unpaired) electrons. The molecular formula is C12H12N2O3S2. The monoisotopic (exact) mass is 296 g/mol. The van der Waals surface area contributed by atoms with E-state index in [1.54, 1.807) is 24.3 Å². The van der Waals surface area contributed by atoms with Gasteiger partial charge in [0.25, 0.3) is 0 Å². The van der Waals surface area contributed by atoms with Crippen molar-refractivity contribution in [1.29, 1.82) is 0 Å². The molecule has 0 spiro atoms. The van der Waals surface area contributed by atoms with E-state index in [1.165, 1.54) is 18.3 Å². The van der Waals surface area contributed by atoms with Gasteiger partial charge >= 0.3 is 0 Å². The van der Waals surface area contributed by atoms with Crippen LogP contribution in [0.2, 0.25) is 0 Å². The number of rotatable bonds is 3. The fraction of sp³-hybridized carbons (Fsp3) is 0.167. The summed E-state index contributed by atoms with van der Waals surface area (Å²) in [6, 6.07) is 6.58. The fourth-order valence-corrected chi connectivity index (χ4v) is 3.01. The Morgan fingerprint density at radius 2 is 1.89 bits per heavy atom. The number of anilines is 1. The van der Waals surface area contributed by atoms with Crippen molar-refractivity contribution < 1.29 is 13.2 Å². The second-order valence-corrected chi connectivity index (χ2v) is 5.95. The smallest absolute Gasteiger partial charge is 0.223 e. The number of amides is 1. The summed E-state index contributed by atoms with van der Waals surface area (Å²) in [6.45, 7) is 3.27. The molecule has 0 saturated heterocycles. The maximum atomic E-state index is 11.0. The lowest BCUT2D eigenvalue weighted by molar-refractivity contribution is -0.114. The molecule has 0 aliphatic rings. The third kappa shape index (κ3) is 3.18. The zero-order chi connectivity index (χ0) is 14.0. The summed E-state index contributed by atoms with van der Waals surface area (Å²) < 4.78 is 21.6. The number of hydrogen-bond donors (Lipinski definition) is 2. The minimum atomic E-state index is -2.56. The van der Waals surface area contributed by atoms with Gasteiger partial charge in [0, 0.05) is 6.92 Å². The van der Waals surface area contributed by atoms with E-state index < -0.39 is 10.7 Å². The molecular weight excluding hydrogens is 284 g/mol. The van der Waals surface area contributed by atoms with Crippen LogP contribution in [0.4, 0.5) is 5.13 Å². The molecule has 100 valence electrons. The molecule has 1 N–H and O–H groups in total. The van der Waals surface area contributed by atoms with E-state index in [2.05, 4.69) is 10.3 Å². The van der Waals surface area contributed by atoms with Gasteiger partial charge in [0.2, 0.25) is 5.91 Å². The highest BCUT2D eigenvalue weighted by Crippen LogP contribution is 2.32. The highest BCUT2D eigenvalue weighted by atomic mass is 32.2. The topological polar surface area (TPSA) is 76.1 Å². The first-order valence-corrected chi connectivity index (χ1v) is 7.46. The minimum absolute atomic E-state index is 0.168. The Morgan fingerprint density at radius 1 is 1.26 bits per heavy atom. The van der Waals surface area contributed by atoms with Gasteiger partial charge in [-0.3, -0.25) is 4.79 Å². The first kappa shape index (κ1) is 13.7. The van der Waals surface area contributed by atoms with Crippen LogP contribution in [0.3, 0.4) is 0 Å². The Kier molecular flexibility index (Phi) is 3.96.